The Bertz CT molecular complexity index is 519. The summed E-state index contributed by atoms with van der Waals surface area (Å²) in [6.45, 7) is 4.55. The Hall–Kier alpha value is -0.410. The molecule has 23 heavy (non-hydrogen) atoms. The summed E-state index contributed by atoms with van der Waals surface area (Å²) in [5.74, 6) is 1.39. The molecule has 0 unspecified atom stereocenters. The van der Waals surface area contributed by atoms with Crippen LogP contribution < -0.4 is 0 Å². The normalized spacial score (nSPS) is 58.3. The van der Waals surface area contributed by atoms with Crippen LogP contribution in [-0.4, -0.2) is 28.7 Å². The van der Waals surface area contributed by atoms with Crippen LogP contribution in [0.3, 0.4) is 0 Å². The maximum Gasteiger partial charge on any atom is 0.126 e. The molecule has 4 aliphatic rings. The summed E-state index contributed by atoms with van der Waals surface area (Å²) >= 11 is 0. The fourth-order valence-electron chi connectivity index (χ4n) is 8.00. The molecule has 2 N–H and O–H groups in total. The highest BCUT2D eigenvalue weighted by Gasteiger charge is 2.67. The van der Waals surface area contributed by atoms with E-state index in [9.17, 15) is 15.0 Å². The minimum Gasteiger partial charge on any atom is -0.393 e. The summed E-state index contributed by atoms with van der Waals surface area (Å²) in [7, 11) is 0. The van der Waals surface area contributed by atoms with E-state index in [0.717, 1.165) is 44.9 Å². The molecular formula is C20H32O3. The second kappa shape index (κ2) is 4.82. The van der Waals surface area contributed by atoms with E-state index < -0.39 is 5.60 Å². The number of rotatable bonds is 2. The molecule has 0 saturated heterocycles. The van der Waals surface area contributed by atoms with E-state index in [2.05, 4.69) is 13.8 Å². The van der Waals surface area contributed by atoms with Crippen molar-refractivity contribution in [3.05, 3.63) is 0 Å². The van der Waals surface area contributed by atoms with Crippen LogP contribution in [-0.2, 0) is 4.79 Å². The average Bonchev–Trinajstić information content (AvgIpc) is 2.74. The van der Waals surface area contributed by atoms with Crippen molar-refractivity contribution in [1.29, 1.82) is 0 Å². The van der Waals surface area contributed by atoms with Gasteiger partial charge in [-0.15, -0.1) is 0 Å². The van der Waals surface area contributed by atoms with Crippen LogP contribution in [0.25, 0.3) is 0 Å². The molecule has 0 radical (unpaired) electrons. The lowest BCUT2D eigenvalue weighted by Crippen LogP contribution is -2.56. The summed E-state index contributed by atoms with van der Waals surface area (Å²) < 4.78 is 0. The fourth-order valence-corrected chi connectivity index (χ4v) is 8.00. The monoisotopic (exact) mass is 320 g/mol. The minimum atomic E-state index is -0.847. The highest BCUT2D eigenvalue weighted by atomic mass is 16.3. The van der Waals surface area contributed by atoms with Gasteiger partial charge in [0.25, 0.3) is 0 Å². The van der Waals surface area contributed by atoms with Gasteiger partial charge in [-0.2, -0.15) is 0 Å². The Morgan fingerprint density at radius 3 is 2.57 bits per heavy atom. The molecule has 1 spiro atoms. The topological polar surface area (TPSA) is 57.5 Å². The zero-order chi connectivity index (χ0) is 16.5. The van der Waals surface area contributed by atoms with Crippen LogP contribution in [0.15, 0.2) is 0 Å². The Labute approximate surface area is 139 Å². The van der Waals surface area contributed by atoms with Gasteiger partial charge >= 0.3 is 0 Å². The van der Waals surface area contributed by atoms with Crippen molar-refractivity contribution in [1.82, 2.24) is 0 Å². The lowest BCUT2D eigenvalue weighted by atomic mass is 9.41. The first-order chi connectivity index (χ1) is 10.8. The maximum absolute atomic E-state index is 11.9. The molecule has 3 nitrogen and oxygen atoms in total. The molecule has 0 aliphatic heterocycles. The number of aldehydes is 1. The number of carbonyl (C=O) groups is 1. The highest BCUT2D eigenvalue weighted by molar-refractivity contribution is 5.60. The first-order valence-corrected chi connectivity index (χ1v) is 9.62. The number of fused-ring (bicyclic) bond motifs is 3. The largest absolute Gasteiger partial charge is 0.393 e. The first-order valence-electron chi connectivity index (χ1n) is 9.62. The van der Waals surface area contributed by atoms with Crippen molar-refractivity contribution < 1.29 is 15.0 Å². The SMILES string of the molecule is C[C@@]12CCC[C@@](C)(C=O)[C@H]1CC[C@@]13C[C@@H](CC[C@H]12)[C@@](O)(CO)C3. The summed E-state index contributed by atoms with van der Waals surface area (Å²) in [5, 5.41) is 20.7. The molecule has 0 aromatic heterocycles. The van der Waals surface area contributed by atoms with Gasteiger partial charge in [-0.1, -0.05) is 20.3 Å². The van der Waals surface area contributed by atoms with E-state index in [1.807, 2.05) is 0 Å². The number of carbonyl (C=O) groups excluding carboxylic acids is 1. The van der Waals surface area contributed by atoms with E-state index in [1.165, 1.54) is 19.1 Å². The van der Waals surface area contributed by atoms with Crippen LogP contribution in [0.5, 0.6) is 0 Å². The van der Waals surface area contributed by atoms with Gasteiger partial charge in [0.05, 0.1) is 12.2 Å². The molecule has 0 aromatic carbocycles. The summed E-state index contributed by atoms with van der Waals surface area (Å²) in [6, 6.07) is 0. The quantitative estimate of drug-likeness (QED) is 0.767. The first kappa shape index (κ1) is 16.1. The maximum atomic E-state index is 11.9. The molecule has 7 atom stereocenters. The number of hydrogen-bond donors (Lipinski definition) is 2. The number of aliphatic hydroxyl groups excluding tert-OH is 1. The number of aliphatic hydroxyl groups is 2. The standard InChI is InChI=1S/C20H32O3/c1-17(12-21)7-3-8-18(2)15(17)6-9-19-10-14(4-5-16(18)19)20(23,11-19)13-22/h12,14-16,22-23H,3-11,13H2,1-2H3/t14-,15-,16+,17+,18-,19+,20+/m1/s1. The van der Waals surface area contributed by atoms with Gasteiger partial charge < -0.3 is 15.0 Å². The van der Waals surface area contributed by atoms with Gasteiger partial charge in [0.2, 0.25) is 0 Å². The molecule has 0 amide bonds. The molecular weight excluding hydrogens is 288 g/mol. The predicted molar refractivity (Wildman–Crippen MR) is 88.8 cm³/mol. The van der Waals surface area contributed by atoms with E-state index in [1.54, 1.807) is 0 Å². The van der Waals surface area contributed by atoms with Gasteiger partial charge in [-0.25, -0.2) is 0 Å². The second-order valence-electron chi connectivity index (χ2n) is 9.91. The zero-order valence-corrected chi connectivity index (χ0v) is 14.7. The number of hydrogen-bond acceptors (Lipinski definition) is 3. The van der Waals surface area contributed by atoms with Gasteiger partial charge in [0.1, 0.15) is 6.29 Å². The van der Waals surface area contributed by atoms with Gasteiger partial charge in [0, 0.05) is 5.41 Å². The van der Waals surface area contributed by atoms with E-state index in [-0.39, 0.29) is 28.8 Å². The second-order valence-corrected chi connectivity index (χ2v) is 9.91. The Morgan fingerprint density at radius 1 is 1.09 bits per heavy atom. The molecule has 4 aliphatic carbocycles. The smallest absolute Gasteiger partial charge is 0.126 e. The predicted octanol–water partition coefficient (Wildman–Crippen LogP) is 3.32. The van der Waals surface area contributed by atoms with Crippen LogP contribution in [0.4, 0.5) is 0 Å². The van der Waals surface area contributed by atoms with Crippen molar-refractivity contribution >= 4 is 6.29 Å². The van der Waals surface area contributed by atoms with Crippen molar-refractivity contribution in [2.45, 2.75) is 77.2 Å². The molecule has 2 bridgehead atoms. The van der Waals surface area contributed by atoms with Crippen molar-refractivity contribution in [3.8, 4) is 0 Å². The lowest BCUT2D eigenvalue weighted by molar-refractivity contribution is -0.157. The van der Waals surface area contributed by atoms with Crippen molar-refractivity contribution in [2.24, 2.45) is 34.0 Å². The van der Waals surface area contributed by atoms with Gasteiger partial charge in [-0.3, -0.25) is 0 Å². The van der Waals surface area contributed by atoms with Crippen LogP contribution in [0, 0.1) is 34.0 Å². The molecule has 4 fully saturated rings. The van der Waals surface area contributed by atoms with Crippen molar-refractivity contribution in [3.63, 3.8) is 0 Å². The minimum absolute atomic E-state index is 0.0850. The Kier molecular flexibility index (Phi) is 3.37. The Morgan fingerprint density at radius 2 is 1.87 bits per heavy atom. The van der Waals surface area contributed by atoms with Crippen LogP contribution in [0.1, 0.15) is 71.6 Å². The molecule has 4 saturated carbocycles. The molecule has 4 rings (SSSR count). The van der Waals surface area contributed by atoms with Crippen LogP contribution >= 0.6 is 0 Å². The molecule has 3 heteroatoms. The van der Waals surface area contributed by atoms with E-state index >= 15 is 0 Å². The summed E-state index contributed by atoms with van der Waals surface area (Å²) in [5.41, 5.74) is -0.553. The average molecular weight is 320 g/mol. The molecule has 130 valence electrons. The van der Waals surface area contributed by atoms with E-state index in [4.69, 9.17) is 0 Å². The fraction of sp³-hybridized carbons (Fsp3) is 0.950. The Balaban J connectivity index is 1.72. The zero-order valence-electron chi connectivity index (χ0n) is 14.7. The van der Waals surface area contributed by atoms with Gasteiger partial charge in [0.15, 0.2) is 0 Å². The lowest BCUT2D eigenvalue weighted by Gasteiger charge is -2.63. The van der Waals surface area contributed by atoms with E-state index in [0.29, 0.717) is 11.8 Å². The van der Waals surface area contributed by atoms with Crippen LogP contribution in [0.2, 0.25) is 0 Å². The molecule has 0 heterocycles. The van der Waals surface area contributed by atoms with Gasteiger partial charge in [-0.05, 0) is 80.0 Å². The third kappa shape index (κ3) is 1.93. The third-order valence-corrected chi connectivity index (χ3v) is 8.91. The highest BCUT2D eigenvalue weighted by Crippen LogP contribution is 2.72. The van der Waals surface area contributed by atoms with Crippen molar-refractivity contribution in [2.75, 3.05) is 6.61 Å². The summed E-state index contributed by atoms with van der Waals surface area (Å²) in [6.07, 6.45) is 11.0. The summed E-state index contributed by atoms with van der Waals surface area (Å²) in [4.78, 5) is 11.9. The third-order valence-electron chi connectivity index (χ3n) is 8.91. The molecule has 0 aromatic rings.